The van der Waals surface area contributed by atoms with Crippen molar-refractivity contribution in [2.24, 2.45) is 0 Å². The highest BCUT2D eigenvalue weighted by atomic mass is 19.1. The second-order valence-corrected chi connectivity index (χ2v) is 9.90. The molecule has 9 nitrogen and oxygen atoms in total. The summed E-state index contributed by atoms with van der Waals surface area (Å²) < 4.78 is 22.6. The largest absolute Gasteiger partial charge is 0.467 e. The highest BCUT2D eigenvalue weighted by molar-refractivity contribution is 5.79. The fourth-order valence-electron chi connectivity index (χ4n) is 5.56. The van der Waals surface area contributed by atoms with Crippen LogP contribution in [0.5, 0.6) is 6.01 Å². The van der Waals surface area contributed by atoms with E-state index < -0.39 is 0 Å². The summed E-state index contributed by atoms with van der Waals surface area (Å²) in [6.45, 7) is 4.89. The van der Waals surface area contributed by atoms with Gasteiger partial charge in [-0.25, -0.2) is 9.37 Å². The van der Waals surface area contributed by atoms with Gasteiger partial charge in [-0.05, 0) is 38.1 Å². The molecular weight excluding hydrogens is 471 g/mol. The highest BCUT2D eigenvalue weighted by Crippen LogP contribution is 2.31. The molecule has 0 radical (unpaired) electrons. The number of nitriles is 1. The van der Waals surface area contributed by atoms with Gasteiger partial charge in [-0.1, -0.05) is 12.1 Å². The van der Waals surface area contributed by atoms with E-state index >= 15 is 4.39 Å². The first kappa shape index (κ1) is 23.5. The molecule has 6 rings (SSSR count). The molecule has 0 spiro atoms. The standard InChI is InChI=1S/C27H27FN8O/c1-16-24-26(33-27(31-16)37-3)36(25(32-24)20-6-18(9-29)10-30-11-20)13-19-5-4-17(7-23(19)28)12-35-15-21-8-22(35)14-34(21)2/h4-7,10-11,21-22H,8,12-15H2,1-3H3/t21-,22-/m0/s1. The summed E-state index contributed by atoms with van der Waals surface area (Å²) in [5.41, 5.74) is 4.30. The molecular formula is C27H27FN8O. The van der Waals surface area contributed by atoms with Gasteiger partial charge in [-0.3, -0.25) is 9.88 Å². The Morgan fingerprint density at radius 2 is 1.97 bits per heavy atom. The molecule has 3 aromatic heterocycles. The van der Waals surface area contributed by atoms with Gasteiger partial charge >= 0.3 is 6.01 Å². The summed E-state index contributed by atoms with van der Waals surface area (Å²) in [5, 5.41) is 9.37. The van der Waals surface area contributed by atoms with Crippen molar-refractivity contribution >= 4 is 11.2 Å². The molecule has 0 N–H and O–H groups in total. The van der Waals surface area contributed by atoms with Gasteiger partial charge in [0.2, 0.25) is 0 Å². The molecule has 2 fully saturated rings. The average molecular weight is 499 g/mol. The van der Waals surface area contributed by atoms with Gasteiger partial charge in [0.25, 0.3) is 0 Å². The monoisotopic (exact) mass is 498 g/mol. The molecule has 2 atom stereocenters. The van der Waals surface area contributed by atoms with Gasteiger partial charge in [0.1, 0.15) is 23.2 Å². The Hall–Kier alpha value is -3.94. The highest BCUT2D eigenvalue weighted by Gasteiger charge is 2.41. The van der Waals surface area contributed by atoms with Crippen LogP contribution in [0.1, 0.15) is 28.8 Å². The zero-order chi connectivity index (χ0) is 25.7. The van der Waals surface area contributed by atoms with E-state index in [0.717, 1.165) is 25.2 Å². The Morgan fingerprint density at radius 3 is 2.68 bits per heavy atom. The number of aromatic nitrogens is 5. The quantitative estimate of drug-likeness (QED) is 0.400. The van der Waals surface area contributed by atoms with Crippen molar-refractivity contribution in [2.45, 2.75) is 38.5 Å². The first-order chi connectivity index (χ1) is 17.9. The molecule has 2 bridgehead atoms. The Morgan fingerprint density at radius 1 is 1.11 bits per heavy atom. The summed E-state index contributed by atoms with van der Waals surface area (Å²) in [6.07, 6.45) is 4.33. The number of piperazine rings is 1. The van der Waals surface area contributed by atoms with E-state index in [4.69, 9.17) is 9.72 Å². The molecule has 0 amide bonds. The SMILES string of the molecule is COc1nc(C)c2nc(-c3cncc(C#N)c3)n(Cc3ccc(CN4C[C@@H]5C[C@H]4CN5C)cc3F)c2n1. The molecule has 2 saturated heterocycles. The van der Waals surface area contributed by atoms with Gasteiger partial charge in [-0.2, -0.15) is 15.2 Å². The van der Waals surface area contributed by atoms with Gasteiger partial charge in [0.05, 0.1) is 24.9 Å². The van der Waals surface area contributed by atoms with Crippen LogP contribution in [0.4, 0.5) is 4.39 Å². The van der Waals surface area contributed by atoms with Gasteiger partial charge in [-0.15, -0.1) is 0 Å². The number of ether oxygens (including phenoxy) is 1. The number of likely N-dealkylation sites (tertiary alicyclic amines) is 2. The maximum Gasteiger partial charge on any atom is 0.318 e. The van der Waals surface area contributed by atoms with Gasteiger partial charge in [0, 0.05) is 55.2 Å². The summed E-state index contributed by atoms with van der Waals surface area (Å²) in [7, 11) is 3.68. The molecule has 0 unspecified atom stereocenters. The Kier molecular flexibility index (Phi) is 5.82. The third-order valence-corrected chi connectivity index (χ3v) is 7.52. The molecule has 188 valence electrons. The molecule has 2 aliphatic heterocycles. The van der Waals surface area contributed by atoms with Gasteiger partial charge < -0.3 is 14.2 Å². The zero-order valence-electron chi connectivity index (χ0n) is 21.0. The smallest absolute Gasteiger partial charge is 0.318 e. The number of hydrogen-bond acceptors (Lipinski definition) is 8. The number of halogens is 1. The molecule has 2 aliphatic rings. The fourth-order valence-corrected chi connectivity index (χ4v) is 5.56. The lowest BCUT2D eigenvalue weighted by molar-refractivity contribution is 0.143. The van der Waals surface area contributed by atoms with Crippen LogP contribution in [0.3, 0.4) is 0 Å². The number of nitrogens with zero attached hydrogens (tertiary/aromatic N) is 8. The van der Waals surface area contributed by atoms with E-state index in [9.17, 15) is 5.26 Å². The average Bonchev–Trinajstić information content (AvgIpc) is 3.58. The van der Waals surface area contributed by atoms with Crippen molar-refractivity contribution in [1.82, 2.24) is 34.3 Å². The molecule has 10 heteroatoms. The van der Waals surface area contributed by atoms with Crippen LogP contribution in [-0.2, 0) is 13.1 Å². The zero-order valence-corrected chi connectivity index (χ0v) is 21.0. The molecule has 37 heavy (non-hydrogen) atoms. The number of methoxy groups -OCH3 is 1. The summed E-state index contributed by atoms with van der Waals surface area (Å²) >= 11 is 0. The number of pyridine rings is 1. The minimum atomic E-state index is -0.270. The predicted octanol–water partition coefficient (Wildman–Crippen LogP) is 3.15. The minimum Gasteiger partial charge on any atom is -0.467 e. The van der Waals surface area contributed by atoms with Crippen LogP contribution in [0, 0.1) is 24.1 Å². The maximum atomic E-state index is 15.5. The van der Waals surface area contributed by atoms with E-state index in [1.54, 1.807) is 18.3 Å². The second kappa shape index (κ2) is 9.18. The van der Waals surface area contributed by atoms with Crippen LogP contribution >= 0.6 is 0 Å². The summed E-state index contributed by atoms with van der Waals surface area (Å²) in [4.78, 5) is 22.7. The van der Waals surface area contributed by atoms with E-state index in [2.05, 4.69) is 37.9 Å². The first-order valence-electron chi connectivity index (χ1n) is 12.3. The Labute approximate surface area is 214 Å². The van der Waals surface area contributed by atoms with Crippen LogP contribution in [0.25, 0.3) is 22.6 Å². The normalized spacial score (nSPS) is 19.5. The third kappa shape index (κ3) is 4.20. The van der Waals surface area contributed by atoms with E-state index in [1.165, 1.54) is 19.7 Å². The van der Waals surface area contributed by atoms with Crippen molar-refractivity contribution in [3.63, 3.8) is 0 Å². The Bertz CT molecular complexity index is 1540. The number of aryl methyl sites for hydroxylation is 1. The fraction of sp³-hybridized carbons (Fsp3) is 0.370. The number of hydrogen-bond donors (Lipinski definition) is 0. The third-order valence-electron chi connectivity index (χ3n) is 7.52. The van der Waals surface area contributed by atoms with Crippen LogP contribution in [-0.4, -0.2) is 73.6 Å². The number of rotatable bonds is 6. The van der Waals surface area contributed by atoms with Crippen molar-refractivity contribution < 1.29 is 9.13 Å². The lowest BCUT2D eigenvalue weighted by Crippen LogP contribution is -2.43. The van der Waals surface area contributed by atoms with Crippen LogP contribution in [0.2, 0.25) is 0 Å². The predicted molar refractivity (Wildman–Crippen MR) is 135 cm³/mol. The number of fused-ring (bicyclic) bond motifs is 3. The van der Waals surface area contributed by atoms with Crippen molar-refractivity contribution in [2.75, 3.05) is 27.2 Å². The number of imidazole rings is 1. The van der Waals surface area contributed by atoms with Crippen molar-refractivity contribution in [3.8, 4) is 23.5 Å². The Balaban J connectivity index is 1.36. The molecule has 4 aromatic rings. The van der Waals surface area contributed by atoms with Gasteiger partial charge in [0.15, 0.2) is 5.65 Å². The first-order valence-corrected chi connectivity index (χ1v) is 12.3. The lowest BCUT2D eigenvalue weighted by Gasteiger charge is -2.31. The maximum absolute atomic E-state index is 15.5. The summed E-state index contributed by atoms with van der Waals surface area (Å²) in [5.74, 6) is 0.263. The van der Waals surface area contributed by atoms with E-state index in [-0.39, 0.29) is 18.4 Å². The van der Waals surface area contributed by atoms with E-state index in [0.29, 0.717) is 51.5 Å². The molecule has 0 saturated carbocycles. The second-order valence-electron chi connectivity index (χ2n) is 9.90. The van der Waals surface area contributed by atoms with Crippen molar-refractivity contribution in [1.29, 1.82) is 5.26 Å². The van der Waals surface area contributed by atoms with Crippen LogP contribution in [0.15, 0.2) is 36.7 Å². The lowest BCUT2D eigenvalue weighted by atomic mass is 10.1. The minimum absolute atomic E-state index is 0.202. The van der Waals surface area contributed by atoms with Crippen molar-refractivity contribution in [3.05, 3.63) is 64.9 Å². The number of benzene rings is 1. The van der Waals surface area contributed by atoms with E-state index in [1.807, 2.05) is 23.6 Å². The molecule has 5 heterocycles. The molecule has 1 aromatic carbocycles. The summed E-state index contributed by atoms with van der Waals surface area (Å²) in [6, 6.07) is 10.7. The number of likely N-dealkylation sites (N-methyl/N-ethyl adjacent to an activating group) is 1. The molecule has 0 aliphatic carbocycles. The van der Waals surface area contributed by atoms with Crippen LogP contribution < -0.4 is 4.74 Å². The topological polar surface area (TPSA) is 96.0 Å².